The average molecular weight is 1300 g/mol. The smallest absolute Gasteiger partial charge is 0.305 e. The molecule has 0 bridgehead atoms. The molecule has 0 aliphatic carbocycles. The van der Waals surface area contributed by atoms with Gasteiger partial charge in [-0.05, 0) is 109 Å². The minimum atomic E-state index is -1.58. The molecule has 1 aliphatic rings. The van der Waals surface area contributed by atoms with E-state index in [1.54, 1.807) is 6.08 Å². The van der Waals surface area contributed by atoms with Crippen LogP contribution < -0.4 is 5.32 Å². The maximum absolute atomic E-state index is 13.0. The van der Waals surface area contributed by atoms with Gasteiger partial charge in [0.2, 0.25) is 5.91 Å². The largest absolute Gasteiger partial charge is 0.466 e. The number of amides is 1. The van der Waals surface area contributed by atoms with Crippen LogP contribution in [0.5, 0.6) is 0 Å². The summed E-state index contributed by atoms with van der Waals surface area (Å²) in [6.45, 7) is 4.22. The molecule has 7 unspecified atom stereocenters. The molecule has 92 heavy (non-hydrogen) atoms. The molecule has 0 saturated carbocycles. The highest BCUT2D eigenvalue weighted by Gasteiger charge is 2.44. The van der Waals surface area contributed by atoms with Crippen molar-refractivity contribution in [2.24, 2.45) is 0 Å². The molecule has 1 rings (SSSR count). The molecule has 0 aromatic rings. The first-order valence-corrected chi connectivity index (χ1v) is 39.2. The fourth-order valence-electron chi connectivity index (χ4n) is 12.1. The van der Waals surface area contributed by atoms with Gasteiger partial charge in [0.1, 0.15) is 24.4 Å². The summed E-state index contributed by atoms with van der Waals surface area (Å²) in [5, 5.41) is 54.3. The first-order valence-electron chi connectivity index (χ1n) is 39.2. The lowest BCUT2D eigenvalue weighted by molar-refractivity contribution is -0.302. The molecule has 0 aromatic carbocycles. The monoisotopic (exact) mass is 1290 g/mol. The number of hydrogen-bond acceptors (Lipinski definition) is 10. The minimum Gasteiger partial charge on any atom is -0.466 e. The van der Waals surface area contributed by atoms with Crippen LogP contribution in [-0.2, 0) is 23.8 Å². The van der Waals surface area contributed by atoms with E-state index >= 15 is 0 Å². The Bertz CT molecular complexity index is 1760. The number of carbonyl (C=O) groups is 2. The van der Waals surface area contributed by atoms with Crippen molar-refractivity contribution >= 4 is 11.9 Å². The van der Waals surface area contributed by atoms with Crippen LogP contribution in [0.2, 0.25) is 0 Å². The number of aliphatic hydroxyl groups is 5. The van der Waals surface area contributed by atoms with Crippen molar-refractivity contribution in [2.45, 2.75) is 410 Å². The highest BCUT2D eigenvalue weighted by Crippen LogP contribution is 2.23. The predicted molar refractivity (Wildman–Crippen MR) is 389 cm³/mol. The van der Waals surface area contributed by atoms with Crippen molar-refractivity contribution in [3.05, 3.63) is 72.9 Å². The molecule has 1 saturated heterocycles. The van der Waals surface area contributed by atoms with Crippen LogP contribution in [0.4, 0.5) is 0 Å². The van der Waals surface area contributed by atoms with Gasteiger partial charge in [-0.15, -0.1) is 0 Å². The lowest BCUT2D eigenvalue weighted by Gasteiger charge is -2.40. The van der Waals surface area contributed by atoms with E-state index in [4.69, 9.17) is 14.2 Å². The van der Waals surface area contributed by atoms with E-state index in [0.29, 0.717) is 19.4 Å². The zero-order chi connectivity index (χ0) is 66.5. The van der Waals surface area contributed by atoms with Crippen molar-refractivity contribution in [3.8, 4) is 0 Å². The molecule has 7 atom stereocenters. The standard InChI is InChI=1S/C81H147NO10/c1-3-5-7-9-11-13-15-16-42-46-49-53-57-61-65-69-77(86)90-70-66-62-58-54-50-47-44-41-39-37-35-33-31-29-27-25-23-21-19-17-18-20-22-24-26-28-30-32-34-36-38-40-43-45-48-52-56-60-64-68-76(85)82-73(72-91-81-80(89)79(88)78(87)75(71-83)92-81)74(84)67-63-59-55-51-14-12-10-8-6-4-2/h6,8,14,16-18,21,23,42,51,63,67,73-75,78-81,83-84,87-89H,3-5,7,9-13,15,19-20,22,24-41,43-50,52-62,64-66,68-72H2,1-2H3,(H,82,85)/b8-6+,18-17-,23-21-,42-16-,51-14+,67-63+. The summed E-state index contributed by atoms with van der Waals surface area (Å²) in [5.41, 5.74) is 0. The summed E-state index contributed by atoms with van der Waals surface area (Å²) >= 11 is 0. The number of aliphatic hydroxyl groups excluding tert-OH is 5. The molecule has 6 N–H and O–H groups in total. The van der Waals surface area contributed by atoms with Gasteiger partial charge in [0.25, 0.3) is 0 Å². The number of carbonyl (C=O) groups excluding carboxylic acids is 2. The van der Waals surface area contributed by atoms with Crippen molar-refractivity contribution in [3.63, 3.8) is 0 Å². The van der Waals surface area contributed by atoms with E-state index in [9.17, 15) is 35.1 Å². The SMILES string of the molecule is CC/C=C/CC/C=C/CC/C=C/C(O)C(COC1OC(CO)C(O)C(O)C1O)NC(=O)CCCCCCCCCCCCCCCCCCC/C=C\C/C=C\CCCCCCCCCCCCCCCCCOC(=O)CCCCCCC/C=C\CCCCCCCC. The van der Waals surface area contributed by atoms with Crippen LogP contribution in [-0.4, -0.2) is 100 Å². The van der Waals surface area contributed by atoms with Gasteiger partial charge < -0.3 is 45.1 Å². The molecule has 0 aromatic heterocycles. The van der Waals surface area contributed by atoms with E-state index in [1.165, 1.54) is 263 Å². The van der Waals surface area contributed by atoms with E-state index < -0.39 is 49.5 Å². The van der Waals surface area contributed by atoms with Gasteiger partial charge in [-0.1, -0.05) is 318 Å². The van der Waals surface area contributed by atoms with Crippen molar-refractivity contribution in [1.82, 2.24) is 5.32 Å². The summed E-state index contributed by atoms with van der Waals surface area (Å²) in [5.74, 6) is -0.189. The Morgan fingerprint density at radius 1 is 0.413 bits per heavy atom. The van der Waals surface area contributed by atoms with Gasteiger partial charge in [-0.2, -0.15) is 0 Å². The van der Waals surface area contributed by atoms with Gasteiger partial charge in [0.05, 0.1) is 32.0 Å². The number of allylic oxidation sites excluding steroid dienone is 11. The fraction of sp³-hybridized carbons (Fsp3) is 0.827. The van der Waals surface area contributed by atoms with E-state index in [1.807, 2.05) is 6.08 Å². The van der Waals surface area contributed by atoms with E-state index in [2.05, 4.69) is 79.9 Å². The fourth-order valence-corrected chi connectivity index (χ4v) is 12.1. The second kappa shape index (κ2) is 69.5. The molecule has 11 heteroatoms. The number of nitrogens with one attached hydrogen (secondary N) is 1. The Labute approximate surface area is 566 Å². The summed E-state index contributed by atoms with van der Waals surface area (Å²) in [6, 6.07) is -0.833. The quantitative estimate of drug-likeness (QED) is 0.0195. The molecular formula is C81H147NO10. The second-order valence-electron chi connectivity index (χ2n) is 27.0. The molecule has 0 radical (unpaired) electrons. The Morgan fingerprint density at radius 3 is 1.20 bits per heavy atom. The highest BCUT2D eigenvalue weighted by atomic mass is 16.7. The van der Waals surface area contributed by atoms with Crippen molar-refractivity contribution in [1.29, 1.82) is 0 Å². The third kappa shape index (κ3) is 57.4. The lowest BCUT2D eigenvalue weighted by Crippen LogP contribution is -2.60. The Balaban J connectivity index is 1.88. The third-order valence-electron chi connectivity index (χ3n) is 18.3. The van der Waals surface area contributed by atoms with Crippen molar-refractivity contribution in [2.75, 3.05) is 19.8 Å². The normalized spacial score (nSPS) is 17.9. The summed E-state index contributed by atoms with van der Waals surface area (Å²) in [6.07, 6.45) is 85.3. The summed E-state index contributed by atoms with van der Waals surface area (Å²) < 4.78 is 16.7. The number of hydrogen-bond donors (Lipinski definition) is 6. The molecule has 1 aliphatic heterocycles. The van der Waals surface area contributed by atoms with Crippen LogP contribution in [0.3, 0.4) is 0 Å². The van der Waals surface area contributed by atoms with Crippen LogP contribution >= 0.6 is 0 Å². The number of ether oxygens (including phenoxy) is 3. The van der Waals surface area contributed by atoms with Crippen LogP contribution in [0.25, 0.3) is 0 Å². The molecule has 11 nitrogen and oxygen atoms in total. The predicted octanol–water partition coefficient (Wildman–Crippen LogP) is 21.0. The van der Waals surface area contributed by atoms with Gasteiger partial charge >= 0.3 is 5.97 Å². The van der Waals surface area contributed by atoms with Gasteiger partial charge in [-0.3, -0.25) is 9.59 Å². The second-order valence-corrected chi connectivity index (χ2v) is 27.0. The maximum Gasteiger partial charge on any atom is 0.305 e. The zero-order valence-corrected chi connectivity index (χ0v) is 59.8. The zero-order valence-electron chi connectivity index (χ0n) is 59.8. The number of esters is 1. The van der Waals surface area contributed by atoms with E-state index in [-0.39, 0.29) is 18.5 Å². The molecule has 536 valence electrons. The third-order valence-corrected chi connectivity index (χ3v) is 18.3. The minimum absolute atomic E-state index is 0.00631. The summed E-state index contributed by atoms with van der Waals surface area (Å²) in [7, 11) is 0. The molecular weight excluding hydrogens is 1150 g/mol. The van der Waals surface area contributed by atoms with Crippen LogP contribution in [0.1, 0.15) is 367 Å². The van der Waals surface area contributed by atoms with Gasteiger partial charge in [0, 0.05) is 12.8 Å². The summed E-state index contributed by atoms with van der Waals surface area (Å²) in [4.78, 5) is 25.1. The molecule has 0 spiro atoms. The molecule has 1 fully saturated rings. The number of rotatable bonds is 69. The van der Waals surface area contributed by atoms with Gasteiger partial charge in [-0.25, -0.2) is 0 Å². The highest BCUT2D eigenvalue weighted by molar-refractivity contribution is 5.76. The topological polar surface area (TPSA) is 175 Å². The Kier molecular flexibility index (Phi) is 65.8. The number of unbranched alkanes of at least 4 members (excludes halogenated alkanes) is 45. The molecule has 1 heterocycles. The Morgan fingerprint density at radius 2 is 0.772 bits per heavy atom. The lowest BCUT2D eigenvalue weighted by atomic mass is 9.99. The van der Waals surface area contributed by atoms with Crippen molar-refractivity contribution < 1.29 is 49.3 Å². The first-order chi connectivity index (χ1) is 45.2. The first kappa shape index (κ1) is 87.1. The van der Waals surface area contributed by atoms with Crippen LogP contribution in [0, 0.1) is 0 Å². The van der Waals surface area contributed by atoms with E-state index in [0.717, 1.165) is 77.0 Å². The van der Waals surface area contributed by atoms with Gasteiger partial charge in [0.15, 0.2) is 6.29 Å². The molecule has 1 amide bonds. The Hall–Kier alpha value is -2.90. The van der Waals surface area contributed by atoms with Crippen LogP contribution in [0.15, 0.2) is 72.9 Å². The maximum atomic E-state index is 13.0. The average Bonchev–Trinajstić information content (AvgIpc) is 0.959.